The van der Waals surface area contributed by atoms with E-state index in [1.807, 2.05) is 25.1 Å². The molecule has 3 aromatic heterocycles. The Hall–Kier alpha value is -4.51. The largest absolute Gasteiger partial charge is 0.435 e. The molecule has 2 aromatic carbocycles. The highest BCUT2D eigenvalue weighted by Crippen LogP contribution is 2.42. The highest BCUT2D eigenvalue weighted by Gasteiger charge is 2.39. The summed E-state index contributed by atoms with van der Waals surface area (Å²) in [4.78, 5) is 20.0. The highest BCUT2D eigenvalue weighted by atomic mass is 19.4. The minimum Gasteiger partial charge on any atom is -0.384 e. The molecule has 4 heterocycles. The number of benzene rings is 2. The van der Waals surface area contributed by atoms with E-state index in [0.717, 1.165) is 21.0 Å². The molecule has 0 fully saturated rings. The minimum absolute atomic E-state index is 0.143. The van der Waals surface area contributed by atoms with E-state index in [9.17, 15) is 23.1 Å². The summed E-state index contributed by atoms with van der Waals surface area (Å²) in [7, 11) is 3.11. The van der Waals surface area contributed by atoms with Gasteiger partial charge < -0.3 is 10.0 Å². The van der Waals surface area contributed by atoms with Gasteiger partial charge in [0, 0.05) is 66.7 Å². The van der Waals surface area contributed by atoms with Crippen molar-refractivity contribution in [1.82, 2.24) is 24.5 Å². The second-order valence-electron chi connectivity index (χ2n) is 10.1. The van der Waals surface area contributed by atoms with Crippen molar-refractivity contribution in [3.05, 3.63) is 94.8 Å². The number of rotatable bonds is 4. The van der Waals surface area contributed by atoms with E-state index in [4.69, 9.17) is 0 Å². The summed E-state index contributed by atoms with van der Waals surface area (Å²) in [5.41, 5.74) is 2.10. The van der Waals surface area contributed by atoms with Gasteiger partial charge in [0.15, 0.2) is 5.69 Å². The van der Waals surface area contributed by atoms with Crippen LogP contribution in [0.25, 0.3) is 21.9 Å². The Bertz CT molecular complexity index is 1790. The van der Waals surface area contributed by atoms with Crippen LogP contribution >= 0.6 is 0 Å². The van der Waals surface area contributed by atoms with Gasteiger partial charge in [-0.15, -0.1) is 0 Å². The van der Waals surface area contributed by atoms with Gasteiger partial charge in [-0.25, -0.2) is 0 Å². The van der Waals surface area contributed by atoms with Crippen molar-refractivity contribution in [2.45, 2.75) is 25.6 Å². The quantitative estimate of drug-likeness (QED) is 0.344. The summed E-state index contributed by atoms with van der Waals surface area (Å²) in [5, 5.41) is 20.7. The van der Waals surface area contributed by atoms with E-state index in [2.05, 4.69) is 15.2 Å². The van der Waals surface area contributed by atoms with Gasteiger partial charge in [-0.3, -0.25) is 19.1 Å². The number of fused-ring (bicyclic) bond motifs is 2. The molecule has 0 radical (unpaired) electrons. The molecule has 0 aliphatic carbocycles. The Morgan fingerprint density at radius 3 is 2.45 bits per heavy atom. The number of halogens is 3. The molecular weight excluding hydrogens is 521 g/mol. The van der Waals surface area contributed by atoms with Gasteiger partial charge in [-0.2, -0.15) is 23.4 Å². The Morgan fingerprint density at radius 2 is 1.73 bits per heavy atom. The number of aliphatic hydroxyl groups is 1. The number of pyridine rings is 1. The number of aromatic nitrogens is 5. The maximum absolute atomic E-state index is 14.1. The van der Waals surface area contributed by atoms with Crippen LogP contribution in [0.1, 0.15) is 44.4 Å². The van der Waals surface area contributed by atoms with E-state index in [0.29, 0.717) is 23.2 Å². The third kappa shape index (κ3) is 4.32. The smallest absolute Gasteiger partial charge is 0.384 e. The number of carbonyl (C=O) groups excluding carboxylic acids is 1. The number of nitrogens with zero attached hydrogens (tertiary/aromatic N) is 6. The zero-order valence-electron chi connectivity index (χ0n) is 21.9. The van der Waals surface area contributed by atoms with E-state index >= 15 is 0 Å². The molecule has 0 bridgehead atoms. The standard InChI is InChI=1S/C29H25F3N6O2/c1-16-4-5-17-11-33-13-25(21(17)8-16)38-7-6-20-22(24-15-37(3)35-27(24)29(30,31)32)9-18(10-23(20)28(38)40)26(39)19-12-34-36(2)14-19/h4-5,8-15,26,39H,6-7H2,1-3H3. The maximum atomic E-state index is 14.1. The summed E-state index contributed by atoms with van der Waals surface area (Å²) >= 11 is 0. The third-order valence-electron chi connectivity index (χ3n) is 7.26. The van der Waals surface area contributed by atoms with Gasteiger partial charge in [0.2, 0.25) is 0 Å². The fraction of sp³-hybridized carbons (Fsp3) is 0.241. The number of anilines is 1. The Labute approximate surface area is 227 Å². The molecule has 1 N–H and O–H groups in total. The second kappa shape index (κ2) is 9.30. The average Bonchev–Trinajstić information content (AvgIpc) is 3.53. The first-order valence-corrected chi connectivity index (χ1v) is 12.6. The Balaban J connectivity index is 1.55. The number of carbonyl (C=O) groups is 1. The first kappa shape index (κ1) is 25.8. The molecule has 1 amide bonds. The lowest BCUT2D eigenvalue weighted by Crippen LogP contribution is -2.38. The van der Waals surface area contributed by atoms with Crippen LogP contribution < -0.4 is 4.90 Å². The molecule has 1 atom stereocenters. The van der Waals surface area contributed by atoms with Crippen LogP contribution in [0.15, 0.2) is 61.3 Å². The second-order valence-corrected chi connectivity index (χ2v) is 10.1. The molecule has 8 nitrogen and oxygen atoms in total. The normalized spacial score (nSPS) is 14.6. The van der Waals surface area contributed by atoms with Gasteiger partial charge in [-0.1, -0.05) is 17.7 Å². The first-order valence-electron chi connectivity index (χ1n) is 12.6. The number of aliphatic hydroxyl groups excluding tert-OH is 1. The van der Waals surface area contributed by atoms with Crippen molar-refractivity contribution in [2.24, 2.45) is 14.1 Å². The number of aryl methyl sites for hydroxylation is 3. The van der Waals surface area contributed by atoms with Gasteiger partial charge in [0.1, 0.15) is 6.10 Å². The van der Waals surface area contributed by atoms with Gasteiger partial charge in [0.25, 0.3) is 5.91 Å². The molecule has 11 heteroatoms. The molecule has 1 unspecified atom stereocenters. The first-order chi connectivity index (χ1) is 19.0. The topological polar surface area (TPSA) is 89.1 Å². The van der Waals surface area contributed by atoms with E-state index in [1.54, 1.807) is 36.6 Å². The summed E-state index contributed by atoms with van der Waals surface area (Å²) in [6.07, 6.45) is 2.12. The van der Waals surface area contributed by atoms with Crippen molar-refractivity contribution >= 4 is 22.4 Å². The number of hydrogen-bond acceptors (Lipinski definition) is 5. The van der Waals surface area contributed by atoms with Crippen LogP contribution in [-0.2, 0) is 26.7 Å². The lowest BCUT2D eigenvalue weighted by molar-refractivity contribution is -0.140. The van der Waals surface area contributed by atoms with Crippen LogP contribution in [-0.4, -0.2) is 42.1 Å². The lowest BCUT2D eigenvalue weighted by atomic mass is 9.86. The van der Waals surface area contributed by atoms with Crippen LogP contribution in [0.2, 0.25) is 0 Å². The molecule has 40 heavy (non-hydrogen) atoms. The Morgan fingerprint density at radius 1 is 0.950 bits per heavy atom. The molecule has 204 valence electrons. The summed E-state index contributed by atoms with van der Waals surface area (Å²) in [6.45, 7) is 2.21. The molecule has 5 aromatic rings. The zero-order valence-corrected chi connectivity index (χ0v) is 21.9. The fourth-order valence-electron chi connectivity index (χ4n) is 5.40. The average molecular weight is 547 g/mol. The fourth-order valence-corrected chi connectivity index (χ4v) is 5.40. The SMILES string of the molecule is Cc1ccc2cncc(N3CCc4c(cc(C(O)c5cnn(C)c5)cc4-c4cn(C)nc4C(F)(F)F)C3=O)c2c1. The molecule has 0 saturated heterocycles. The molecule has 1 aliphatic rings. The molecule has 0 spiro atoms. The number of alkyl halides is 3. The number of hydrogen-bond donors (Lipinski definition) is 1. The predicted octanol–water partition coefficient (Wildman–Crippen LogP) is 4.98. The molecule has 6 rings (SSSR count). The van der Waals surface area contributed by atoms with Crippen LogP contribution in [0.5, 0.6) is 0 Å². The van der Waals surface area contributed by atoms with Gasteiger partial charge >= 0.3 is 6.18 Å². The molecule has 0 saturated carbocycles. The van der Waals surface area contributed by atoms with Crippen molar-refractivity contribution in [3.63, 3.8) is 0 Å². The van der Waals surface area contributed by atoms with E-state index in [1.165, 1.54) is 30.2 Å². The monoisotopic (exact) mass is 546 g/mol. The Kier molecular flexibility index (Phi) is 5.99. The molecule has 1 aliphatic heterocycles. The summed E-state index contributed by atoms with van der Waals surface area (Å²) in [5.74, 6) is -0.379. The van der Waals surface area contributed by atoms with Crippen LogP contribution in [0, 0.1) is 6.92 Å². The number of amides is 1. The highest BCUT2D eigenvalue weighted by molar-refractivity contribution is 6.13. The summed E-state index contributed by atoms with van der Waals surface area (Å²) in [6, 6.07) is 8.97. The zero-order chi connectivity index (χ0) is 28.3. The predicted molar refractivity (Wildman–Crippen MR) is 143 cm³/mol. The summed E-state index contributed by atoms with van der Waals surface area (Å²) < 4.78 is 44.7. The van der Waals surface area contributed by atoms with Crippen LogP contribution in [0.4, 0.5) is 18.9 Å². The van der Waals surface area contributed by atoms with Gasteiger partial charge in [-0.05, 0) is 48.2 Å². The third-order valence-corrected chi connectivity index (χ3v) is 7.26. The maximum Gasteiger partial charge on any atom is 0.435 e. The van der Waals surface area contributed by atoms with E-state index < -0.39 is 18.0 Å². The van der Waals surface area contributed by atoms with Crippen molar-refractivity contribution < 1.29 is 23.1 Å². The van der Waals surface area contributed by atoms with Gasteiger partial charge in [0.05, 0.1) is 18.1 Å². The molecular formula is C29H25F3N6O2. The van der Waals surface area contributed by atoms with Crippen molar-refractivity contribution in [2.75, 3.05) is 11.4 Å². The van der Waals surface area contributed by atoms with Crippen molar-refractivity contribution in [3.8, 4) is 11.1 Å². The van der Waals surface area contributed by atoms with Crippen LogP contribution in [0.3, 0.4) is 0 Å². The minimum atomic E-state index is -4.71. The van der Waals surface area contributed by atoms with E-state index in [-0.39, 0.29) is 34.7 Å². The van der Waals surface area contributed by atoms with Crippen molar-refractivity contribution in [1.29, 1.82) is 0 Å². The lowest BCUT2D eigenvalue weighted by Gasteiger charge is -2.31.